The molecule has 1 amide bonds. The average Bonchev–Trinajstić information content (AvgIpc) is 3.38. The molecule has 1 aliphatic carbocycles. The molecule has 5 heteroatoms. The molecular formula is C21H28N4O. The van der Waals surface area contributed by atoms with Gasteiger partial charge in [0.2, 0.25) is 5.91 Å². The van der Waals surface area contributed by atoms with Gasteiger partial charge in [-0.15, -0.1) is 0 Å². The second-order valence-electron chi connectivity index (χ2n) is 8.07. The quantitative estimate of drug-likeness (QED) is 0.883. The van der Waals surface area contributed by atoms with E-state index in [-0.39, 0.29) is 11.9 Å². The highest BCUT2D eigenvalue weighted by Gasteiger charge is 2.31. The Labute approximate surface area is 156 Å². The highest BCUT2D eigenvalue weighted by Crippen LogP contribution is 2.30. The number of carbonyl (C=O) groups is 1. The average molecular weight is 352 g/mol. The predicted molar refractivity (Wildman–Crippen MR) is 100 cm³/mol. The van der Waals surface area contributed by atoms with Crippen LogP contribution in [0.4, 0.5) is 0 Å². The molecule has 1 aromatic carbocycles. The maximum atomic E-state index is 12.4. The summed E-state index contributed by atoms with van der Waals surface area (Å²) in [7, 11) is 0. The molecule has 2 heterocycles. The van der Waals surface area contributed by atoms with E-state index in [1.807, 2.05) is 0 Å². The third-order valence-corrected chi connectivity index (χ3v) is 6.23. The predicted octanol–water partition coefficient (Wildman–Crippen LogP) is 2.28. The van der Waals surface area contributed by atoms with Crippen molar-refractivity contribution in [3.63, 3.8) is 0 Å². The number of hydrogen-bond donors (Lipinski definition) is 1. The zero-order chi connectivity index (χ0) is 17.9. The molecule has 3 atom stereocenters. The van der Waals surface area contributed by atoms with Gasteiger partial charge in [-0.25, -0.2) is 0 Å². The number of nitriles is 1. The SMILES string of the molecule is N#C[C@@H]1CCCN1C(=O)CN[C@@H]1CC[C@H](CN2Cc3ccccc3C2)C1. The van der Waals surface area contributed by atoms with Crippen LogP contribution in [0, 0.1) is 17.2 Å². The van der Waals surface area contributed by atoms with Crippen molar-refractivity contribution in [2.75, 3.05) is 19.6 Å². The van der Waals surface area contributed by atoms with E-state index in [0.29, 0.717) is 12.6 Å². The maximum absolute atomic E-state index is 12.4. The zero-order valence-electron chi connectivity index (χ0n) is 15.4. The highest BCUT2D eigenvalue weighted by molar-refractivity contribution is 5.79. The van der Waals surface area contributed by atoms with Crippen LogP contribution in [0.25, 0.3) is 0 Å². The Morgan fingerprint density at radius 2 is 1.96 bits per heavy atom. The minimum atomic E-state index is -0.211. The van der Waals surface area contributed by atoms with Gasteiger partial charge in [0.1, 0.15) is 6.04 Å². The molecule has 1 N–H and O–H groups in total. The first-order chi connectivity index (χ1) is 12.7. The second kappa shape index (κ2) is 7.77. The molecule has 26 heavy (non-hydrogen) atoms. The first-order valence-corrected chi connectivity index (χ1v) is 9.94. The monoisotopic (exact) mass is 352 g/mol. The number of fused-ring (bicyclic) bond motifs is 1. The highest BCUT2D eigenvalue weighted by atomic mass is 16.2. The molecule has 1 aromatic rings. The fraction of sp³-hybridized carbons (Fsp3) is 0.619. The van der Waals surface area contributed by atoms with Gasteiger partial charge in [0, 0.05) is 32.2 Å². The number of nitrogens with one attached hydrogen (secondary N) is 1. The van der Waals surface area contributed by atoms with E-state index in [2.05, 4.69) is 40.6 Å². The van der Waals surface area contributed by atoms with Gasteiger partial charge >= 0.3 is 0 Å². The standard InChI is InChI=1S/C21H28N4O/c22-11-20-6-3-9-25(20)21(26)12-23-19-8-7-16(10-19)13-24-14-17-4-1-2-5-18(17)15-24/h1-2,4-5,16,19-20,23H,3,6-10,12-15H2/t16-,19+,20-/m0/s1. The molecule has 4 rings (SSSR count). The first kappa shape index (κ1) is 17.5. The van der Waals surface area contributed by atoms with Gasteiger partial charge in [-0.1, -0.05) is 24.3 Å². The fourth-order valence-electron chi connectivity index (χ4n) is 4.86. The van der Waals surface area contributed by atoms with Crippen molar-refractivity contribution in [3.8, 4) is 6.07 Å². The topological polar surface area (TPSA) is 59.4 Å². The minimum Gasteiger partial charge on any atom is -0.326 e. The summed E-state index contributed by atoms with van der Waals surface area (Å²) in [5.41, 5.74) is 2.95. The molecule has 1 saturated carbocycles. The Kier molecular flexibility index (Phi) is 5.23. The molecule has 3 aliphatic rings. The molecule has 0 radical (unpaired) electrons. The number of amides is 1. The summed E-state index contributed by atoms with van der Waals surface area (Å²) in [5, 5.41) is 12.6. The Balaban J connectivity index is 1.20. The molecular weight excluding hydrogens is 324 g/mol. The summed E-state index contributed by atoms with van der Waals surface area (Å²) in [6, 6.07) is 11.2. The Hall–Kier alpha value is -1.90. The number of carbonyl (C=O) groups excluding carboxylic acids is 1. The first-order valence-electron chi connectivity index (χ1n) is 9.94. The Morgan fingerprint density at radius 3 is 2.69 bits per heavy atom. The number of benzene rings is 1. The summed E-state index contributed by atoms with van der Waals surface area (Å²) in [4.78, 5) is 16.7. The smallest absolute Gasteiger partial charge is 0.237 e. The third kappa shape index (κ3) is 3.77. The van der Waals surface area contributed by atoms with Crippen LogP contribution in [0.5, 0.6) is 0 Å². The molecule has 2 aliphatic heterocycles. The second-order valence-corrected chi connectivity index (χ2v) is 8.07. The van der Waals surface area contributed by atoms with Crippen LogP contribution < -0.4 is 5.32 Å². The Morgan fingerprint density at radius 1 is 1.19 bits per heavy atom. The molecule has 0 bridgehead atoms. The van der Waals surface area contributed by atoms with Crippen molar-refractivity contribution in [1.29, 1.82) is 5.26 Å². The molecule has 0 spiro atoms. The largest absolute Gasteiger partial charge is 0.326 e. The van der Waals surface area contributed by atoms with E-state index in [0.717, 1.165) is 57.8 Å². The van der Waals surface area contributed by atoms with Crippen LogP contribution in [0.1, 0.15) is 43.2 Å². The van der Waals surface area contributed by atoms with Crippen LogP contribution in [-0.4, -0.2) is 47.4 Å². The van der Waals surface area contributed by atoms with Crippen molar-refractivity contribution >= 4 is 5.91 Å². The van der Waals surface area contributed by atoms with Crippen LogP contribution in [0.3, 0.4) is 0 Å². The lowest BCUT2D eigenvalue weighted by atomic mass is 10.1. The van der Waals surface area contributed by atoms with Crippen molar-refractivity contribution in [1.82, 2.24) is 15.1 Å². The van der Waals surface area contributed by atoms with Gasteiger partial charge in [-0.05, 0) is 49.1 Å². The van der Waals surface area contributed by atoms with Crippen molar-refractivity contribution in [2.24, 2.45) is 5.92 Å². The van der Waals surface area contributed by atoms with E-state index in [4.69, 9.17) is 5.26 Å². The Bertz CT molecular complexity index is 672. The number of hydrogen-bond acceptors (Lipinski definition) is 4. The van der Waals surface area contributed by atoms with Crippen LogP contribution in [-0.2, 0) is 17.9 Å². The third-order valence-electron chi connectivity index (χ3n) is 6.23. The van der Waals surface area contributed by atoms with E-state index < -0.39 is 0 Å². The van der Waals surface area contributed by atoms with E-state index in [9.17, 15) is 4.79 Å². The maximum Gasteiger partial charge on any atom is 0.237 e. The van der Waals surface area contributed by atoms with Crippen LogP contribution >= 0.6 is 0 Å². The van der Waals surface area contributed by atoms with Crippen LogP contribution in [0.15, 0.2) is 24.3 Å². The molecule has 0 aromatic heterocycles. The van der Waals surface area contributed by atoms with Gasteiger partial charge in [-0.2, -0.15) is 5.26 Å². The van der Waals surface area contributed by atoms with Gasteiger partial charge in [0.15, 0.2) is 0 Å². The van der Waals surface area contributed by atoms with Gasteiger partial charge in [0.25, 0.3) is 0 Å². The minimum absolute atomic E-state index is 0.0903. The van der Waals surface area contributed by atoms with Crippen LogP contribution in [0.2, 0.25) is 0 Å². The fourth-order valence-corrected chi connectivity index (χ4v) is 4.86. The van der Waals surface area contributed by atoms with Crippen molar-refractivity contribution in [3.05, 3.63) is 35.4 Å². The molecule has 138 valence electrons. The lowest BCUT2D eigenvalue weighted by Gasteiger charge is -2.22. The zero-order valence-corrected chi connectivity index (χ0v) is 15.4. The summed E-state index contributed by atoms with van der Waals surface area (Å²) in [6.07, 6.45) is 5.32. The lowest BCUT2D eigenvalue weighted by Crippen LogP contribution is -2.43. The van der Waals surface area contributed by atoms with Gasteiger partial charge < -0.3 is 10.2 Å². The molecule has 0 unspecified atom stereocenters. The normalized spacial score (nSPS) is 28.3. The molecule has 1 saturated heterocycles. The summed E-state index contributed by atoms with van der Waals surface area (Å²) >= 11 is 0. The van der Waals surface area contributed by atoms with E-state index in [1.165, 1.54) is 17.5 Å². The van der Waals surface area contributed by atoms with Crippen molar-refractivity contribution < 1.29 is 4.79 Å². The number of nitrogens with zero attached hydrogens (tertiary/aromatic N) is 3. The summed E-state index contributed by atoms with van der Waals surface area (Å²) < 4.78 is 0. The number of rotatable bonds is 5. The van der Waals surface area contributed by atoms with Gasteiger partial charge in [0.05, 0.1) is 12.6 Å². The summed E-state index contributed by atoms with van der Waals surface area (Å²) in [6.45, 7) is 4.43. The van der Waals surface area contributed by atoms with E-state index >= 15 is 0 Å². The van der Waals surface area contributed by atoms with E-state index in [1.54, 1.807) is 4.90 Å². The number of likely N-dealkylation sites (tertiary alicyclic amines) is 1. The summed E-state index contributed by atoms with van der Waals surface area (Å²) in [5.74, 6) is 0.808. The lowest BCUT2D eigenvalue weighted by molar-refractivity contribution is -0.130. The van der Waals surface area contributed by atoms with Gasteiger partial charge in [-0.3, -0.25) is 9.69 Å². The molecule has 5 nitrogen and oxygen atoms in total. The van der Waals surface area contributed by atoms with Crippen molar-refractivity contribution in [2.45, 2.75) is 57.3 Å². The molecule has 2 fully saturated rings.